The van der Waals surface area contributed by atoms with Gasteiger partial charge in [-0.2, -0.15) is 0 Å². The van der Waals surface area contributed by atoms with Crippen molar-refractivity contribution in [1.82, 2.24) is 0 Å². The van der Waals surface area contributed by atoms with Crippen molar-refractivity contribution in [1.29, 1.82) is 0 Å². The van der Waals surface area contributed by atoms with Gasteiger partial charge >= 0.3 is 23.9 Å². The van der Waals surface area contributed by atoms with Gasteiger partial charge in [0.05, 0.1) is 65.0 Å². The van der Waals surface area contributed by atoms with Crippen LogP contribution in [0.5, 0.6) is 23.0 Å². The Morgan fingerprint density at radius 3 is 1.23 bits per heavy atom. The fraction of sp³-hybridized carbons (Fsp3) is 0.500. The highest BCUT2D eigenvalue weighted by Crippen LogP contribution is 2.33. The lowest BCUT2D eigenvalue weighted by molar-refractivity contribution is -0.151. The average molecular weight is 1040 g/mol. The van der Waals surface area contributed by atoms with Gasteiger partial charge in [0.25, 0.3) is 0 Å². The van der Waals surface area contributed by atoms with Gasteiger partial charge in [-0.3, -0.25) is 14.4 Å². The van der Waals surface area contributed by atoms with Crippen molar-refractivity contribution in [3.63, 3.8) is 0 Å². The van der Waals surface area contributed by atoms with Crippen molar-refractivity contribution < 1.29 is 52.3 Å². The molecule has 4 atom stereocenters. The molecule has 0 fully saturated rings. The first-order chi connectivity index (χ1) is 35.5. The fourth-order valence-electron chi connectivity index (χ4n) is 6.41. The van der Waals surface area contributed by atoms with E-state index >= 15 is 0 Å². The number of methoxy groups -OCH3 is 6. The number of carbonyl (C=O) groups is 4. The largest absolute Gasteiger partial charge is 0.497 e. The van der Waals surface area contributed by atoms with E-state index in [9.17, 15) is 19.2 Å². The summed E-state index contributed by atoms with van der Waals surface area (Å²) in [6, 6.07) is 35.6. The molecular weight excluding hydrogens is 945 g/mol. The number of hydrogen-bond donors (Lipinski definition) is 0. The smallest absolute Gasteiger partial charge is 0.337 e. The molecule has 0 heterocycles. The number of ether oxygens (including phenoxy) is 7. The lowest BCUT2D eigenvalue weighted by Gasteiger charge is -2.20. The Balaban J connectivity index is 0.000000892. The molecule has 5 aromatic rings. The van der Waals surface area contributed by atoms with Crippen LogP contribution in [0.4, 0.5) is 0 Å². The van der Waals surface area contributed by atoms with E-state index in [1.807, 2.05) is 91.8 Å². The molecule has 416 valence electrons. The second-order valence-corrected chi connectivity index (χ2v) is 19.6. The number of benzene rings is 5. The first-order valence-electron chi connectivity index (χ1n) is 26.4. The summed E-state index contributed by atoms with van der Waals surface area (Å²) in [7, 11) is 9.24. The lowest BCUT2D eigenvalue weighted by atomic mass is 9.91. The third-order valence-electron chi connectivity index (χ3n) is 13.6. The van der Waals surface area contributed by atoms with E-state index in [4.69, 9.17) is 18.9 Å². The number of rotatable bonds is 17. The Bertz CT molecular complexity index is 2370. The molecule has 0 aliphatic rings. The molecule has 5 aromatic carbocycles. The highest BCUT2D eigenvalue weighted by molar-refractivity contribution is 5.91. The van der Waals surface area contributed by atoms with Crippen LogP contribution in [0.2, 0.25) is 0 Å². The summed E-state index contributed by atoms with van der Waals surface area (Å²) < 4.78 is 34.4. The van der Waals surface area contributed by atoms with E-state index < -0.39 is 5.41 Å². The second-order valence-electron chi connectivity index (χ2n) is 19.6. The van der Waals surface area contributed by atoms with Gasteiger partial charge in [0.2, 0.25) is 0 Å². The third kappa shape index (κ3) is 24.2. The molecule has 0 saturated carbocycles. The van der Waals surface area contributed by atoms with E-state index in [2.05, 4.69) is 104 Å². The SMILES string of the molecule is CCC(C)(C)C(=O)OC.CCC(C)(C)C(=O)Oc1ccc(OC)cc1.CCC(C)C(=O)OC.CCC(C)c1ccc(C(=O)OC)cc1.CCC(C)c1ccc(OC)c2ccccc12.CCC(C)c1ccc(OC)cc1. The minimum Gasteiger partial charge on any atom is -0.497 e. The molecular formula is C64H94O11. The molecule has 0 bridgehead atoms. The maximum atomic E-state index is 11.8. The van der Waals surface area contributed by atoms with Gasteiger partial charge in [-0.15, -0.1) is 0 Å². The standard InChI is InChI=1S/C15H18O.C13H18O3.C12H16O2.C11H16O.C7H14O2.C6H12O2/c1-4-11(2)12-9-10-15(16-3)14-8-6-5-7-13(12)14;1-5-13(2,3)12(14)16-11-8-6-10(15-4)7-9-11;1-4-9(2)10-5-7-11(8-6-10)12(13)14-3;1-4-9(2)10-5-7-11(12-3)8-6-10;1-5-7(2,3)6(8)9-4;1-4-5(2)6(7)8-3/h5-11H,4H2,1-3H3;6-9H,5H2,1-4H3;5-9H,4H2,1-3H3;5-9H,4H2,1-3H3;5H2,1-4H3;5H,4H2,1-3H3. The Kier molecular flexibility index (Phi) is 33.5. The molecule has 0 spiro atoms. The lowest BCUT2D eigenvalue weighted by Crippen LogP contribution is -2.28. The Hall–Kier alpha value is -6.36. The van der Waals surface area contributed by atoms with E-state index in [-0.39, 0.29) is 35.2 Å². The highest BCUT2D eigenvalue weighted by atomic mass is 16.5. The van der Waals surface area contributed by atoms with Gasteiger partial charge in [0.1, 0.15) is 23.0 Å². The molecule has 0 N–H and O–H groups in total. The summed E-state index contributed by atoms with van der Waals surface area (Å²) in [5.41, 5.74) is 3.92. The number of carbonyl (C=O) groups excluding carboxylic acids is 4. The van der Waals surface area contributed by atoms with Crippen molar-refractivity contribution in [2.24, 2.45) is 16.7 Å². The molecule has 0 aliphatic carbocycles. The average Bonchev–Trinajstić information content (AvgIpc) is 3.46. The minimum absolute atomic E-state index is 0.0556. The summed E-state index contributed by atoms with van der Waals surface area (Å²) in [6.45, 7) is 28.5. The van der Waals surface area contributed by atoms with Crippen LogP contribution in [0.3, 0.4) is 0 Å². The zero-order valence-electron chi connectivity index (χ0n) is 49.4. The van der Waals surface area contributed by atoms with Gasteiger partial charge in [-0.25, -0.2) is 4.79 Å². The highest BCUT2D eigenvalue weighted by Gasteiger charge is 2.28. The summed E-state index contributed by atoms with van der Waals surface area (Å²) in [5.74, 6) is 4.29. The van der Waals surface area contributed by atoms with Crippen molar-refractivity contribution in [3.8, 4) is 23.0 Å². The van der Waals surface area contributed by atoms with Crippen LogP contribution < -0.4 is 18.9 Å². The minimum atomic E-state index is -0.445. The molecule has 0 aromatic heterocycles. The van der Waals surface area contributed by atoms with Crippen LogP contribution in [-0.2, 0) is 28.6 Å². The van der Waals surface area contributed by atoms with Crippen molar-refractivity contribution in [2.75, 3.05) is 42.7 Å². The number of fused-ring (bicyclic) bond motifs is 1. The maximum absolute atomic E-state index is 11.8. The number of hydrogen-bond acceptors (Lipinski definition) is 11. The van der Waals surface area contributed by atoms with Gasteiger partial charge in [-0.1, -0.05) is 124 Å². The van der Waals surface area contributed by atoms with E-state index in [0.717, 1.165) is 49.4 Å². The van der Waals surface area contributed by atoms with Gasteiger partial charge in [-0.05, 0) is 161 Å². The molecule has 0 radical (unpaired) electrons. The summed E-state index contributed by atoms with van der Waals surface area (Å²) >= 11 is 0. The predicted molar refractivity (Wildman–Crippen MR) is 308 cm³/mol. The quantitative estimate of drug-likeness (QED) is 0.0501. The van der Waals surface area contributed by atoms with Crippen molar-refractivity contribution in [3.05, 3.63) is 131 Å². The van der Waals surface area contributed by atoms with E-state index in [1.165, 1.54) is 55.2 Å². The van der Waals surface area contributed by atoms with Crippen LogP contribution in [0, 0.1) is 16.7 Å². The molecule has 0 amide bonds. The van der Waals surface area contributed by atoms with E-state index in [1.54, 1.807) is 45.6 Å². The van der Waals surface area contributed by atoms with Crippen LogP contribution >= 0.6 is 0 Å². The summed E-state index contributed by atoms with van der Waals surface area (Å²) in [6.07, 6.45) is 5.88. The van der Waals surface area contributed by atoms with Gasteiger partial charge in [0.15, 0.2) is 0 Å². The second kappa shape index (κ2) is 36.6. The normalized spacial score (nSPS) is 12.1. The van der Waals surface area contributed by atoms with Crippen LogP contribution in [0.25, 0.3) is 10.8 Å². The zero-order chi connectivity index (χ0) is 57.3. The molecule has 5 rings (SSSR count). The maximum Gasteiger partial charge on any atom is 0.337 e. The molecule has 75 heavy (non-hydrogen) atoms. The molecule has 4 unspecified atom stereocenters. The first-order valence-corrected chi connectivity index (χ1v) is 26.4. The van der Waals surface area contributed by atoms with Crippen molar-refractivity contribution in [2.45, 2.75) is 153 Å². The van der Waals surface area contributed by atoms with Gasteiger partial charge < -0.3 is 33.2 Å². The predicted octanol–water partition coefficient (Wildman–Crippen LogP) is 16.4. The molecule has 0 aliphatic heterocycles. The van der Waals surface area contributed by atoms with Gasteiger partial charge in [0, 0.05) is 5.39 Å². The van der Waals surface area contributed by atoms with E-state index in [0.29, 0.717) is 29.1 Å². The number of esters is 4. The first kappa shape index (κ1) is 68.6. The topological polar surface area (TPSA) is 133 Å². The molecule has 11 nitrogen and oxygen atoms in total. The molecule has 0 saturated heterocycles. The Labute approximate surface area is 452 Å². The van der Waals surface area contributed by atoms with Crippen LogP contribution in [0.15, 0.2) is 109 Å². The third-order valence-corrected chi connectivity index (χ3v) is 13.6. The molecule has 11 heteroatoms. The van der Waals surface area contributed by atoms with Crippen molar-refractivity contribution >= 4 is 34.6 Å². The summed E-state index contributed by atoms with van der Waals surface area (Å²) in [5, 5.41) is 2.53. The zero-order valence-corrected chi connectivity index (χ0v) is 49.4. The van der Waals surface area contributed by atoms with Crippen LogP contribution in [-0.4, -0.2) is 66.5 Å². The Morgan fingerprint density at radius 1 is 0.440 bits per heavy atom. The Morgan fingerprint density at radius 2 is 0.867 bits per heavy atom. The monoisotopic (exact) mass is 1040 g/mol. The van der Waals surface area contributed by atoms with Crippen LogP contribution in [0.1, 0.15) is 180 Å². The summed E-state index contributed by atoms with van der Waals surface area (Å²) in [4.78, 5) is 44.3. The fourth-order valence-corrected chi connectivity index (χ4v) is 6.41.